The molecule has 1 saturated heterocycles. The van der Waals surface area contributed by atoms with E-state index in [0.717, 1.165) is 25.7 Å². The number of halogens is 2. The predicted molar refractivity (Wildman–Crippen MR) is 73.7 cm³/mol. The molecule has 1 aromatic rings. The van der Waals surface area contributed by atoms with Crippen molar-refractivity contribution in [1.82, 2.24) is 4.31 Å². The average Bonchev–Trinajstić information content (AvgIpc) is 2.61. The smallest absolute Gasteiger partial charge is 0.207 e. The van der Waals surface area contributed by atoms with E-state index in [0.29, 0.717) is 13.1 Å². The number of hydrogen-bond donors (Lipinski definition) is 0. The maximum absolute atomic E-state index is 12.5. The molecule has 0 bridgehead atoms. The maximum atomic E-state index is 12.5. The maximum Gasteiger partial charge on any atom is 0.244 e. The number of sulfonamides is 1. The molecule has 0 amide bonds. The Kier molecular flexibility index (Phi) is 4.54. The van der Waals surface area contributed by atoms with Gasteiger partial charge in [0, 0.05) is 13.1 Å². The van der Waals surface area contributed by atoms with E-state index in [9.17, 15) is 8.42 Å². The van der Waals surface area contributed by atoms with Gasteiger partial charge in [0.25, 0.3) is 0 Å². The van der Waals surface area contributed by atoms with Crippen molar-refractivity contribution in [2.24, 2.45) is 0 Å². The second-order valence-corrected chi connectivity index (χ2v) is 7.06. The normalized spacial score (nSPS) is 18.6. The third-order valence-electron chi connectivity index (χ3n) is 3.10. The van der Waals surface area contributed by atoms with Gasteiger partial charge in [-0.2, -0.15) is 4.31 Å². The van der Waals surface area contributed by atoms with Gasteiger partial charge < -0.3 is 0 Å². The number of benzene rings is 1. The fourth-order valence-corrected chi connectivity index (χ4v) is 4.36. The van der Waals surface area contributed by atoms with E-state index in [1.54, 1.807) is 12.1 Å². The van der Waals surface area contributed by atoms with Crippen molar-refractivity contribution >= 4 is 33.2 Å². The Morgan fingerprint density at radius 3 is 2.22 bits per heavy atom. The molecule has 1 heterocycles. The van der Waals surface area contributed by atoms with Gasteiger partial charge in [0.2, 0.25) is 10.0 Å². The Morgan fingerprint density at radius 2 is 1.61 bits per heavy atom. The van der Waals surface area contributed by atoms with E-state index in [2.05, 4.69) is 0 Å². The summed E-state index contributed by atoms with van der Waals surface area (Å²) in [6.45, 7) is 1.12. The molecule has 0 unspecified atom stereocenters. The Morgan fingerprint density at radius 1 is 1.00 bits per heavy atom. The van der Waals surface area contributed by atoms with Gasteiger partial charge in [0.1, 0.15) is 4.90 Å². The molecule has 0 aliphatic carbocycles. The lowest BCUT2D eigenvalue weighted by atomic mass is 10.2. The molecule has 1 aromatic carbocycles. The summed E-state index contributed by atoms with van der Waals surface area (Å²) in [5.74, 6) is 0. The van der Waals surface area contributed by atoms with Crippen LogP contribution in [0.3, 0.4) is 0 Å². The molecule has 100 valence electrons. The van der Waals surface area contributed by atoms with Crippen LogP contribution in [0.15, 0.2) is 23.1 Å². The largest absolute Gasteiger partial charge is 0.244 e. The highest BCUT2D eigenvalue weighted by Gasteiger charge is 2.27. The number of rotatable bonds is 2. The minimum absolute atomic E-state index is 0.110. The summed E-state index contributed by atoms with van der Waals surface area (Å²) in [6, 6.07) is 4.71. The summed E-state index contributed by atoms with van der Waals surface area (Å²) in [5, 5.41) is 0.385. The highest BCUT2D eigenvalue weighted by Crippen LogP contribution is 2.31. The van der Waals surface area contributed by atoms with E-state index in [1.165, 1.54) is 10.4 Å². The fourth-order valence-electron chi connectivity index (χ4n) is 2.10. The Bertz CT molecular complexity index is 523. The highest BCUT2D eigenvalue weighted by atomic mass is 35.5. The molecule has 18 heavy (non-hydrogen) atoms. The summed E-state index contributed by atoms with van der Waals surface area (Å²) in [4.78, 5) is 0.110. The first kappa shape index (κ1) is 14.1. The summed E-state index contributed by atoms with van der Waals surface area (Å²) in [6.07, 6.45) is 3.96. The molecule has 1 aliphatic heterocycles. The van der Waals surface area contributed by atoms with Gasteiger partial charge in [-0.1, -0.05) is 42.1 Å². The van der Waals surface area contributed by atoms with Crippen LogP contribution in [0.2, 0.25) is 10.0 Å². The van der Waals surface area contributed by atoms with Gasteiger partial charge >= 0.3 is 0 Å². The van der Waals surface area contributed by atoms with Crippen LogP contribution in [0.4, 0.5) is 0 Å². The van der Waals surface area contributed by atoms with Crippen molar-refractivity contribution in [2.75, 3.05) is 13.1 Å². The zero-order valence-electron chi connectivity index (χ0n) is 9.90. The molecule has 0 aromatic heterocycles. The van der Waals surface area contributed by atoms with Gasteiger partial charge in [-0.05, 0) is 25.0 Å². The van der Waals surface area contributed by atoms with Crippen LogP contribution in [0.5, 0.6) is 0 Å². The molecular weight excluding hydrogens is 293 g/mol. The molecule has 6 heteroatoms. The van der Waals surface area contributed by atoms with Crippen LogP contribution in [-0.2, 0) is 10.0 Å². The molecule has 0 radical (unpaired) electrons. The lowest BCUT2D eigenvalue weighted by molar-refractivity contribution is 0.424. The van der Waals surface area contributed by atoms with Crippen molar-refractivity contribution in [3.63, 3.8) is 0 Å². The zero-order chi connectivity index (χ0) is 13.2. The lowest BCUT2D eigenvalue weighted by Crippen LogP contribution is -2.32. The fraction of sp³-hybridized carbons (Fsp3) is 0.500. The van der Waals surface area contributed by atoms with Crippen LogP contribution in [0.25, 0.3) is 0 Å². The molecule has 0 atom stereocenters. The van der Waals surface area contributed by atoms with Gasteiger partial charge in [-0.25, -0.2) is 8.42 Å². The molecule has 2 rings (SSSR count). The molecule has 1 fully saturated rings. The first-order valence-electron chi connectivity index (χ1n) is 5.97. The van der Waals surface area contributed by atoms with E-state index in [1.807, 2.05) is 0 Å². The van der Waals surface area contributed by atoms with Gasteiger partial charge in [-0.3, -0.25) is 0 Å². The van der Waals surface area contributed by atoms with Crippen molar-refractivity contribution in [1.29, 1.82) is 0 Å². The van der Waals surface area contributed by atoms with Gasteiger partial charge in [0.15, 0.2) is 0 Å². The first-order chi connectivity index (χ1) is 8.53. The molecule has 0 spiro atoms. The second-order valence-electron chi connectivity index (χ2n) is 4.37. The van der Waals surface area contributed by atoms with E-state index in [4.69, 9.17) is 23.2 Å². The summed E-state index contributed by atoms with van der Waals surface area (Å²) in [7, 11) is -3.52. The summed E-state index contributed by atoms with van der Waals surface area (Å²) >= 11 is 11.9. The van der Waals surface area contributed by atoms with E-state index >= 15 is 0 Å². The summed E-state index contributed by atoms with van der Waals surface area (Å²) in [5.41, 5.74) is 0. The van der Waals surface area contributed by atoms with Gasteiger partial charge in [0.05, 0.1) is 10.0 Å². The average molecular weight is 308 g/mol. The van der Waals surface area contributed by atoms with Crippen molar-refractivity contribution in [3.05, 3.63) is 28.2 Å². The molecule has 3 nitrogen and oxygen atoms in total. The number of hydrogen-bond acceptors (Lipinski definition) is 2. The molecular formula is C12H15Cl2NO2S. The van der Waals surface area contributed by atoms with Crippen LogP contribution in [-0.4, -0.2) is 25.8 Å². The van der Waals surface area contributed by atoms with Crippen LogP contribution in [0.1, 0.15) is 25.7 Å². The first-order valence-corrected chi connectivity index (χ1v) is 8.17. The SMILES string of the molecule is O=S(=O)(c1cccc(Cl)c1Cl)N1CCCCCC1. The monoisotopic (exact) mass is 307 g/mol. The number of nitrogens with zero attached hydrogens (tertiary/aromatic N) is 1. The lowest BCUT2D eigenvalue weighted by Gasteiger charge is -2.20. The minimum atomic E-state index is -3.52. The highest BCUT2D eigenvalue weighted by molar-refractivity contribution is 7.89. The van der Waals surface area contributed by atoms with Crippen molar-refractivity contribution < 1.29 is 8.42 Å². The van der Waals surface area contributed by atoms with Gasteiger partial charge in [-0.15, -0.1) is 0 Å². The second kappa shape index (κ2) is 5.78. The summed E-state index contributed by atoms with van der Waals surface area (Å²) < 4.78 is 26.5. The Labute approximate surface area is 118 Å². The van der Waals surface area contributed by atoms with Crippen LogP contribution in [0, 0.1) is 0 Å². The Balaban J connectivity index is 2.38. The third-order valence-corrected chi connectivity index (χ3v) is 5.97. The zero-order valence-corrected chi connectivity index (χ0v) is 12.2. The van der Waals surface area contributed by atoms with Crippen LogP contribution >= 0.6 is 23.2 Å². The quantitative estimate of drug-likeness (QED) is 0.838. The van der Waals surface area contributed by atoms with E-state index in [-0.39, 0.29) is 14.9 Å². The van der Waals surface area contributed by atoms with Crippen molar-refractivity contribution in [2.45, 2.75) is 30.6 Å². The molecule has 0 N–H and O–H groups in total. The standard InChI is InChI=1S/C12H15Cl2NO2S/c13-10-6-5-7-11(12(10)14)18(16,17)15-8-3-1-2-4-9-15/h5-7H,1-4,8-9H2. The van der Waals surface area contributed by atoms with Crippen LogP contribution < -0.4 is 0 Å². The molecule has 0 saturated carbocycles. The topological polar surface area (TPSA) is 37.4 Å². The molecule has 1 aliphatic rings. The Hall–Kier alpha value is -0.290. The third kappa shape index (κ3) is 2.82. The van der Waals surface area contributed by atoms with E-state index < -0.39 is 10.0 Å². The van der Waals surface area contributed by atoms with Crippen molar-refractivity contribution in [3.8, 4) is 0 Å². The minimum Gasteiger partial charge on any atom is -0.207 e. The predicted octanol–water partition coefficient (Wildman–Crippen LogP) is 3.56.